The molecule has 1 saturated heterocycles. The molecule has 1 atom stereocenters. The number of hydrogen-bond donors (Lipinski definition) is 0. The van der Waals surface area contributed by atoms with Crippen LogP contribution >= 0.6 is 11.3 Å². The van der Waals surface area contributed by atoms with Gasteiger partial charge in [-0.05, 0) is 43.8 Å². The topological polar surface area (TPSA) is 45.2 Å². The summed E-state index contributed by atoms with van der Waals surface area (Å²) in [6, 6.07) is 7.94. The summed E-state index contributed by atoms with van der Waals surface area (Å²) in [5, 5.41) is 0.966. The zero-order valence-corrected chi connectivity index (χ0v) is 17.3. The van der Waals surface area contributed by atoms with E-state index in [0.717, 1.165) is 47.3 Å². The van der Waals surface area contributed by atoms with Crippen molar-refractivity contribution in [3.8, 4) is 10.6 Å². The van der Waals surface area contributed by atoms with Crippen LogP contribution in [0.4, 0.5) is 15.9 Å². The Morgan fingerprint density at radius 1 is 1.34 bits per heavy atom. The maximum Gasteiger partial charge on any atom is 0.128 e. The Morgan fingerprint density at radius 3 is 2.90 bits per heavy atom. The van der Waals surface area contributed by atoms with E-state index in [9.17, 15) is 4.39 Å². The lowest BCUT2D eigenvalue weighted by Crippen LogP contribution is -2.20. The van der Waals surface area contributed by atoms with Crippen LogP contribution in [0.3, 0.4) is 0 Å². The van der Waals surface area contributed by atoms with Crippen molar-refractivity contribution in [2.75, 3.05) is 29.4 Å². The van der Waals surface area contributed by atoms with E-state index in [4.69, 9.17) is 4.98 Å². The van der Waals surface area contributed by atoms with Gasteiger partial charge in [-0.2, -0.15) is 0 Å². The molecule has 3 aromatic heterocycles. The molecule has 5 nitrogen and oxygen atoms in total. The maximum absolute atomic E-state index is 13.4. The van der Waals surface area contributed by atoms with E-state index in [2.05, 4.69) is 28.4 Å². The van der Waals surface area contributed by atoms with Crippen LogP contribution in [0.2, 0.25) is 0 Å². The number of alkyl halides is 1. The van der Waals surface area contributed by atoms with Crippen molar-refractivity contribution in [1.82, 2.24) is 15.0 Å². The summed E-state index contributed by atoms with van der Waals surface area (Å²) in [4.78, 5) is 18.8. The van der Waals surface area contributed by atoms with Crippen LogP contribution in [0.5, 0.6) is 0 Å². The highest BCUT2D eigenvalue weighted by Gasteiger charge is 2.22. The van der Waals surface area contributed by atoms with Crippen molar-refractivity contribution in [3.63, 3.8) is 0 Å². The molecule has 0 bridgehead atoms. The van der Waals surface area contributed by atoms with E-state index in [1.807, 2.05) is 47.8 Å². The first kappa shape index (κ1) is 19.5. The Bertz CT molecular complexity index is 957. The zero-order valence-electron chi connectivity index (χ0n) is 16.5. The van der Waals surface area contributed by atoms with E-state index in [1.165, 1.54) is 4.88 Å². The van der Waals surface area contributed by atoms with Crippen molar-refractivity contribution in [3.05, 3.63) is 66.2 Å². The second-order valence-electron chi connectivity index (χ2n) is 7.10. The normalized spacial score (nSPS) is 16.2. The lowest BCUT2D eigenvalue weighted by Gasteiger charge is -2.19. The molecule has 4 heterocycles. The monoisotopic (exact) mass is 409 g/mol. The van der Waals surface area contributed by atoms with Gasteiger partial charge in [-0.1, -0.05) is 6.58 Å². The summed E-state index contributed by atoms with van der Waals surface area (Å²) in [5.74, 6) is 0.834. The summed E-state index contributed by atoms with van der Waals surface area (Å²) in [6.07, 6.45) is 7.92. The number of nitrogens with zero attached hydrogens (tertiary/aromatic N) is 5. The van der Waals surface area contributed by atoms with Crippen LogP contribution in [-0.2, 0) is 6.42 Å². The quantitative estimate of drug-likeness (QED) is 0.568. The fourth-order valence-corrected chi connectivity index (χ4v) is 4.43. The van der Waals surface area contributed by atoms with Gasteiger partial charge in [-0.3, -0.25) is 4.98 Å². The minimum absolute atomic E-state index is 0.434. The molecule has 0 saturated carbocycles. The Kier molecular flexibility index (Phi) is 5.85. The van der Waals surface area contributed by atoms with E-state index in [0.29, 0.717) is 13.0 Å². The van der Waals surface area contributed by atoms with E-state index >= 15 is 0 Å². The minimum Gasteiger partial charge on any atom is -0.354 e. The van der Waals surface area contributed by atoms with Crippen LogP contribution in [0.1, 0.15) is 17.0 Å². The van der Waals surface area contributed by atoms with Gasteiger partial charge in [0.15, 0.2) is 0 Å². The minimum atomic E-state index is -0.748. The van der Waals surface area contributed by atoms with Gasteiger partial charge in [-0.25, -0.2) is 14.4 Å². The van der Waals surface area contributed by atoms with Crippen molar-refractivity contribution >= 4 is 22.8 Å². The van der Waals surface area contributed by atoms with Crippen molar-refractivity contribution < 1.29 is 4.39 Å². The Morgan fingerprint density at radius 2 is 2.24 bits per heavy atom. The summed E-state index contributed by atoms with van der Waals surface area (Å²) in [7, 11) is 0. The van der Waals surface area contributed by atoms with Crippen LogP contribution in [0.15, 0.2) is 55.6 Å². The van der Waals surface area contributed by atoms with Crippen molar-refractivity contribution in [1.29, 1.82) is 0 Å². The third kappa shape index (κ3) is 4.45. The Hall–Kier alpha value is -2.80. The predicted octanol–water partition coefficient (Wildman–Crippen LogP) is 4.65. The summed E-state index contributed by atoms with van der Waals surface area (Å²) in [6.45, 7) is 7.97. The van der Waals surface area contributed by atoms with Gasteiger partial charge in [0.25, 0.3) is 0 Å². The van der Waals surface area contributed by atoms with Gasteiger partial charge >= 0.3 is 0 Å². The molecule has 1 fully saturated rings. The number of aromatic nitrogens is 3. The predicted molar refractivity (Wildman–Crippen MR) is 117 cm³/mol. The second-order valence-corrected chi connectivity index (χ2v) is 8.30. The SMILES string of the molecule is C=CN(CCc1nc(-c2ccc(N3CCC(F)C3)nc2)sc1C)c1cccnc1. The molecule has 150 valence electrons. The molecule has 1 aliphatic heterocycles. The Balaban J connectivity index is 1.44. The summed E-state index contributed by atoms with van der Waals surface area (Å²) in [5.41, 5.74) is 3.11. The molecule has 0 amide bonds. The highest BCUT2D eigenvalue weighted by atomic mass is 32.1. The van der Waals surface area contributed by atoms with Crippen LogP contribution in [-0.4, -0.2) is 40.8 Å². The van der Waals surface area contributed by atoms with Gasteiger partial charge in [-0.15, -0.1) is 11.3 Å². The van der Waals surface area contributed by atoms with Crippen molar-refractivity contribution in [2.24, 2.45) is 0 Å². The molecule has 0 spiro atoms. The molecule has 1 aliphatic rings. The van der Waals surface area contributed by atoms with Gasteiger partial charge in [0.2, 0.25) is 0 Å². The molecule has 0 aliphatic carbocycles. The maximum atomic E-state index is 13.4. The molecule has 0 aromatic carbocycles. The molecular weight excluding hydrogens is 385 g/mol. The first-order valence-corrected chi connectivity index (χ1v) is 10.6. The third-order valence-corrected chi connectivity index (χ3v) is 6.19. The zero-order chi connectivity index (χ0) is 20.2. The molecule has 1 unspecified atom stereocenters. The molecule has 3 aromatic rings. The van der Waals surface area contributed by atoms with Crippen LogP contribution in [0, 0.1) is 6.92 Å². The second kappa shape index (κ2) is 8.69. The first-order valence-electron chi connectivity index (χ1n) is 9.75. The number of thiazole rings is 1. The number of halogens is 1. The summed E-state index contributed by atoms with van der Waals surface area (Å²) >= 11 is 1.68. The van der Waals surface area contributed by atoms with Crippen molar-refractivity contribution in [2.45, 2.75) is 25.9 Å². The summed E-state index contributed by atoms with van der Waals surface area (Å²) < 4.78 is 13.4. The van der Waals surface area contributed by atoms with Crippen LogP contribution in [0.25, 0.3) is 10.6 Å². The molecule has 29 heavy (non-hydrogen) atoms. The number of anilines is 2. The fourth-order valence-electron chi connectivity index (χ4n) is 3.48. The fraction of sp³-hybridized carbons (Fsp3) is 0.318. The molecule has 0 radical (unpaired) electrons. The number of rotatable bonds is 7. The molecular formula is C22H24FN5S. The largest absolute Gasteiger partial charge is 0.354 e. The average molecular weight is 410 g/mol. The van der Waals surface area contributed by atoms with E-state index < -0.39 is 6.17 Å². The highest BCUT2D eigenvalue weighted by Crippen LogP contribution is 2.29. The molecule has 4 rings (SSSR count). The van der Waals surface area contributed by atoms with E-state index in [-0.39, 0.29) is 0 Å². The van der Waals surface area contributed by atoms with E-state index in [1.54, 1.807) is 17.5 Å². The number of hydrogen-bond acceptors (Lipinski definition) is 6. The van der Waals surface area contributed by atoms with Gasteiger partial charge in [0.1, 0.15) is 17.0 Å². The number of pyridine rings is 2. The lowest BCUT2D eigenvalue weighted by atomic mass is 10.2. The lowest BCUT2D eigenvalue weighted by molar-refractivity contribution is 0.364. The smallest absolute Gasteiger partial charge is 0.128 e. The standard InChI is InChI=1S/C22H24FN5S/c1-3-27(19-5-4-10-24-14-19)12-9-20-16(2)29-22(26-20)17-6-7-21(25-13-17)28-11-8-18(23)15-28/h3-7,10,13-14,18H,1,8-9,11-12,15H2,2H3. The van der Waals surface area contributed by atoms with Gasteiger partial charge in [0.05, 0.1) is 24.1 Å². The number of aryl methyl sites for hydroxylation is 1. The van der Waals surface area contributed by atoms with Gasteiger partial charge < -0.3 is 9.80 Å². The van der Waals surface area contributed by atoms with Gasteiger partial charge in [0, 0.05) is 42.3 Å². The molecule has 7 heteroatoms. The first-order chi connectivity index (χ1) is 14.1. The highest BCUT2D eigenvalue weighted by molar-refractivity contribution is 7.15. The van der Waals surface area contributed by atoms with Crippen LogP contribution < -0.4 is 9.80 Å². The third-order valence-electron chi connectivity index (χ3n) is 5.13. The molecule has 0 N–H and O–H groups in total. The Labute approximate surface area is 174 Å². The average Bonchev–Trinajstić information content (AvgIpc) is 3.35.